The molecular weight excluding hydrogens is 306 g/mol. The molecule has 2 aromatic rings. The first-order valence-electron chi connectivity index (χ1n) is 6.56. The standard InChI is InChI=1S/C16H16ClNO2S/c1-2-21-10-11-3-5-12(6-4-11)16(20)18-14-9-13(17)7-8-15(14)19/h3-9,19H,2,10H2,1H3,(H,18,20). The smallest absolute Gasteiger partial charge is 0.255 e. The summed E-state index contributed by atoms with van der Waals surface area (Å²) in [7, 11) is 0. The summed E-state index contributed by atoms with van der Waals surface area (Å²) in [6.07, 6.45) is 0. The van der Waals surface area contributed by atoms with E-state index in [2.05, 4.69) is 12.2 Å². The molecule has 0 bridgehead atoms. The van der Waals surface area contributed by atoms with Crippen molar-refractivity contribution in [1.29, 1.82) is 0 Å². The van der Waals surface area contributed by atoms with Gasteiger partial charge in [0, 0.05) is 16.3 Å². The molecule has 0 aliphatic rings. The SMILES string of the molecule is CCSCc1ccc(C(=O)Nc2cc(Cl)ccc2O)cc1. The summed E-state index contributed by atoms with van der Waals surface area (Å²) in [5.41, 5.74) is 2.03. The summed E-state index contributed by atoms with van der Waals surface area (Å²) in [5, 5.41) is 12.8. The van der Waals surface area contributed by atoms with Gasteiger partial charge in [0.15, 0.2) is 0 Å². The maximum Gasteiger partial charge on any atom is 0.255 e. The summed E-state index contributed by atoms with van der Waals surface area (Å²) in [5.74, 6) is 1.72. The van der Waals surface area contributed by atoms with Crippen LogP contribution >= 0.6 is 23.4 Å². The van der Waals surface area contributed by atoms with Crippen molar-refractivity contribution in [2.45, 2.75) is 12.7 Å². The van der Waals surface area contributed by atoms with E-state index in [1.165, 1.54) is 17.7 Å². The summed E-state index contributed by atoms with van der Waals surface area (Å²) >= 11 is 7.68. The third-order valence-corrected chi connectivity index (χ3v) is 4.08. The van der Waals surface area contributed by atoms with Crippen molar-refractivity contribution in [1.82, 2.24) is 0 Å². The lowest BCUT2D eigenvalue weighted by Crippen LogP contribution is -2.11. The van der Waals surface area contributed by atoms with Crippen molar-refractivity contribution >= 4 is 35.0 Å². The van der Waals surface area contributed by atoms with Crippen molar-refractivity contribution in [3.8, 4) is 5.75 Å². The predicted molar refractivity (Wildman–Crippen MR) is 89.3 cm³/mol. The molecule has 21 heavy (non-hydrogen) atoms. The van der Waals surface area contributed by atoms with Crippen LogP contribution in [0, 0.1) is 0 Å². The van der Waals surface area contributed by atoms with Crippen molar-refractivity contribution in [3.05, 3.63) is 58.6 Å². The van der Waals surface area contributed by atoms with Crippen LogP contribution in [0.4, 0.5) is 5.69 Å². The molecule has 0 saturated heterocycles. The van der Waals surface area contributed by atoms with E-state index in [9.17, 15) is 9.90 Å². The van der Waals surface area contributed by atoms with E-state index >= 15 is 0 Å². The summed E-state index contributed by atoms with van der Waals surface area (Å²) in [6, 6.07) is 12.0. The van der Waals surface area contributed by atoms with E-state index in [4.69, 9.17) is 11.6 Å². The number of phenolic OH excluding ortho intramolecular Hbond substituents is 1. The maximum atomic E-state index is 12.1. The fourth-order valence-electron chi connectivity index (χ4n) is 1.78. The second kappa shape index (κ2) is 7.38. The number of carbonyl (C=O) groups excluding carboxylic acids is 1. The Kier molecular flexibility index (Phi) is 5.53. The van der Waals surface area contributed by atoms with Crippen LogP contribution in [0.1, 0.15) is 22.8 Å². The van der Waals surface area contributed by atoms with Crippen LogP contribution in [-0.4, -0.2) is 16.8 Å². The fourth-order valence-corrected chi connectivity index (χ4v) is 2.58. The topological polar surface area (TPSA) is 49.3 Å². The van der Waals surface area contributed by atoms with Crippen molar-refractivity contribution < 1.29 is 9.90 Å². The summed E-state index contributed by atoms with van der Waals surface area (Å²) in [6.45, 7) is 2.12. The molecular formula is C16H16ClNO2S. The molecule has 0 unspecified atom stereocenters. The monoisotopic (exact) mass is 321 g/mol. The van der Waals surface area contributed by atoms with Gasteiger partial charge < -0.3 is 10.4 Å². The first kappa shape index (κ1) is 15.7. The summed E-state index contributed by atoms with van der Waals surface area (Å²) < 4.78 is 0. The van der Waals surface area contributed by atoms with E-state index in [-0.39, 0.29) is 11.7 Å². The number of anilines is 1. The molecule has 0 aliphatic carbocycles. The molecule has 3 nitrogen and oxygen atoms in total. The van der Waals surface area contributed by atoms with Gasteiger partial charge in [0.2, 0.25) is 0 Å². The average Bonchev–Trinajstić information content (AvgIpc) is 2.49. The van der Waals surface area contributed by atoms with E-state index in [0.717, 1.165) is 11.5 Å². The highest BCUT2D eigenvalue weighted by Crippen LogP contribution is 2.27. The Hall–Kier alpha value is -1.65. The zero-order valence-electron chi connectivity index (χ0n) is 11.6. The molecule has 110 valence electrons. The molecule has 2 aromatic carbocycles. The predicted octanol–water partition coefficient (Wildman–Crippen LogP) is 4.55. The van der Waals surface area contributed by atoms with Gasteiger partial charge in [-0.05, 0) is 41.6 Å². The number of hydrogen-bond donors (Lipinski definition) is 2. The Balaban J connectivity index is 2.07. The second-order valence-electron chi connectivity index (χ2n) is 4.45. The molecule has 0 radical (unpaired) electrons. The highest BCUT2D eigenvalue weighted by Gasteiger charge is 2.09. The van der Waals surface area contributed by atoms with E-state index in [0.29, 0.717) is 16.3 Å². The zero-order valence-corrected chi connectivity index (χ0v) is 13.2. The molecule has 0 atom stereocenters. The van der Waals surface area contributed by atoms with Crippen LogP contribution in [0.3, 0.4) is 0 Å². The third kappa shape index (κ3) is 4.41. The fraction of sp³-hybridized carbons (Fsp3) is 0.188. The number of thioether (sulfide) groups is 1. The normalized spacial score (nSPS) is 10.4. The van der Waals surface area contributed by atoms with E-state index < -0.39 is 0 Å². The number of benzene rings is 2. The molecule has 0 saturated carbocycles. The molecule has 5 heteroatoms. The average molecular weight is 322 g/mol. The van der Waals surface area contributed by atoms with Crippen LogP contribution in [0.5, 0.6) is 5.75 Å². The van der Waals surface area contributed by atoms with Crippen LogP contribution in [0.25, 0.3) is 0 Å². The number of amides is 1. The lowest BCUT2D eigenvalue weighted by Gasteiger charge is -2.08. The number of hydrogen-bond acceptors (Lipinski definition) is 3. The van der Waals surface area contributed by atoms with Crippen LogP contribution < -0.4 is 5.32 Å². The minimum atomic E-state index is -0.276. The number of aromatic hydroxyl groups is 1. The van der Waals surface area contributed by atoms with Gasteiger partial charge in [-0.25, -0.2) is 0 Å². The molecule has 2 rings (SSSR count). The van der Waals surface area contributed by atoms with Crippen molar-refractivity contribution in [2.24, 2.45) is 0 Å². The molecule has 2 N–H and O–H groups in total. The Morgan fingerprint density at radius 1 is 1.24 bits per heavy atom. The van der Waals surface area contributed by atoms with Gasteiger partial charge >= 0.3 is 0 Å². The van der Waals surface area contributed by atoms with Gasteiger partial charge in [-0.15, -0.1) is 0 Å². The Bertz CT molecular complexity index is 629. The Labute approximate surface area is 133 Å². The summed E-state index contributed by atoms with van der Waals surface area (Å²) in [4.78, 5) is 12.1. The van der Waals surface area contributed by atoms with Gasteiger partial charge in [-0.1, -0.05) is 30.7 Å². The van der Waals surface area contributed by atoms with Crippen molar-refractivity contribution in [3.63, 3.8) is 0 Å². The van der Waals surface area contributed by atoms with Crippen LogP contribution in [0.15, 0.2) is 42.5 Å². The van der Waals surface area contributed by atoms with Gasteiger partial charge in [0.05, 0.1) is 5.69 Å². The third-order valence-electron chi connectivity index (χ3n) is 2.90. The number of halogens is 1. The number of phenols is 1. The largest absolute Gasteiger partial charge is 0.506 e. The number of rotatable bonds is 5. The Morgan fingerprint density at radius 3 is 2.62 bits per heavy atom. The van der Waals surface area contributed by atoms with Crippen LogP contribution in [0.2, 0.25) is 5.02 Å². The van der Waals surface area contributed by atoms with Crippen molar-refractivity contribution in [2.75, 3.05) is 11.1 Å². The Morgan fingerprint density at radius 2 is 1.95 bits per heavy atom. The van der Waals surface area contributed by atoms with E-state index in [1.54, 1.807) is 18.2 Å². The maximum absolute atomic E-state index is 12.1. The molecule has 0 fully saturated rings. The van der Waals surface area contributed by atoms with E-state index in [1.807, 2.05) is 23.9 Å². The molecule has 0 spiro atoms. The first-order chi connectivity index (χ1) is 10.1. The van der Waals surface area contributed by atoms with Gasteiger partial charge in [0.1, 0.15) is 5.75 Å². The first-order valence-corrected chi connectivity index (χ1v) is 8.10. The lowest BCUT2D eigenvalue weighted by atomic mass is 10.1. The van der Waals surface area contributed by atoms with Gasteiger partial charge in [0.25, 0.3) is 5.91 Å². The van der Waals surface area contributed by atoms with Crippen LogP contribution in [-0.2, 0) is 5.75 Å². The minimum absolute atomic E-state index is 0.0104. The quantitative estimate of drug-likeness (QED) is 0.794. The second-order valence-corrected chi connectivity index (χ2v) is 6.16. The molecule has 0 aliphatic heterocycles. The number of nitrogens with one attached hydrogen (secondary N) is 1. The van der Waals surface area contributed by atoms with Gasteiger partial charge in [-0.2, -0.15) is 11.8 Å². The van der Waals surface area contributed by atoms with Gasteiger partial charge in [-0.3, -0.25) is 4.79 Å². The molecule has 1 amide bonds. The molecule has 0 heterocycles. The lowest BCUT2D eigenvalue weighted by molar-refractivity contribution is 0.102. The molecule has 0 aromatic heterocycles. The highest BCUT2D eigenvalue weighted by atomic mass is 35.5. The zero-order chi connectivity index (χ0) is 15.2. The number of carbonyl (C=O) groups is 1. The minimum Gasteiger partial charge on any atom is -0.506 e. The highest BCUT2D eigenvalue weighted by molar-refractivity contribution is 7.98.